The standard InChI is InChI=1S/C16H14ClN3OS2/c1-10-14(23-15(19-10)12-5-3-4-8-18-12)16(21)20(2)9-11-6-7-13(17)22-11/h3-8H,9H2,1-2H3. The first-order valence-electron chi connectivity index (χ1n) is 6.93. The predicted molar refractivity (Wildman–Crippen MR) is 95.2 cm³/mol. The van der Waals surface area contributed by atoms with Crippen molar-refractivity contribution < 1.29 is 4.79 Å². The Hall–Kier alpha value is -1.76. The Balaban J connectivity index is 1.81. The van der Waals surface area contributed by atoms with Gasteiger partial charge in [-0.05, 0) is 31.2 Å². The zero-order valence-corrected chi connectivity index (χ0v) is 15.0. The van der Waals surface area contributed by atoms with E-state index in [2.05, 4.69) is 9.97 Å². The molecule has 4 nitrogen and oxygen atoms in total. The molecule has 0 atom stereocenters. The van der Waals surface area contributed by atoms with Gasteiger partial charge in [0.2, 0.25) is 0 Å². The van der Waals surface area contributed by atoms with E-state index in [4.69, 9.17) is 11.6 Å². The molecule has 118 valence electrons. The van der Waals surface area contributed by atoms with Gasteiger partial charge < -0.3 is 4.90 Å². The van der Waals surface area contributed by atoms with Crippen LogP contribution in [-0.4, -0.2) is 27.8 Å². The molecule has 0 aliphatic rings. The zero-order chi connectivity index (χ0) is 16.4. The molecular formula is C16H14ClN3OS2. The lowest BCUT2D eigenvalue weighted by Crippen LogP contribution is -2.25. The van der Waals surface area contributed by atoms with Crippen molar-refractivity contribution >= 4 is 40.2 Å². The van der Waals surface area contributed by atoms with Gasteiger partial charge in [0.25, 0.3) is 5.91 Å². The quantitative estimate of drug-likeness (QED) is 0.685. The summed E-state index contributed by atoms with van der Waals surface area (Å²) < 4.78 is 0.729. The number of thiazole rings is 1. The smallest absolute Gasteiger partial charge is 0.265 e. The minimum atomic E-state index is -0.0355. The fraction of sp³-hybridized carbons (Fsp3) is 0.188. The average Bonchev–Trinajstić information content (AvgIpc) is 3.13. The molecule has 3 rings (SSSR count). The molecule has 0 aliphatic heterocycles. The van der Waals surface area contributed by atoms with Crippen LogP contribution in [0.4, 0.5) is 0 Å². The number of carbonyl (C=O) groups excluding carboxylic acids is 1. The van der Waals surface area contributed by atoms with Gasteiger partial charge in [0, 0.05) is 18.1 Å². The molecule has 0 radical (unpaired) electrons. The van der Waals surface area contributed by atoms with E-state index < -0.39 is 0 Å². The summed E-state index contributed by atoms with van der Waals surface area (Å²) in [6.07, 6.45) is 1.72. The number of thiophene rings is 1. The van der Waals surface area contributed by atoms with Gasteiger partial charge in [0.15, 0.2) is 0 Å². The van der Waals surface area contributed by atoms with E-state index in [-0.39, 0.29) is 5.91 Å². The third-order valence-electron chi connectivity index (χ3n) is 3.24. The molecule has 0 bridgehead atoms. The first kappa shape index (κ1) is 16.1. The van der Waals surface area contributed by atoms with Crippen molar-refractivity contribution in [3.8, 4) is 10.7 Å². The minimum absolute atomic E-state index is 0.0355. The Morgan fingerprint density at radius 1 is 1.26 bits per heavy atom. The van der Waals surface area contributed by atoms with Gasteiger partial charge in [-0.3, -0.25) is 9.78 Å². The lowest BCUT2D eigenvalue weighted by Gasteiger charge is -2.15. The molecule has 0 saturated heterocycles. The monoisotopic (exact) mass is 363 g/mol. The van der Waals surface area contributed by atoms with E-state index in [1.54, 1.807) is 18.1 Å². The number of carbonyl (C=O) groups is 1. The van der Waals surface area contributed by atoms with Crippen LogP contribution in [0.25, 0.3) is 10.7 Å². The first-order valence-corrected chi connectivity index (χ1v) is 8.94. The second kappa shape index (κ2) is 6.78. The molecule has 0 aliphatic carbocycles. The zero-order valence-electron chi connectivity index (χ0n) is 12.6. The van der Waals surface area contributed by atoms with Gasteiger partial charge in [0.1, 0.15) is 9.88 Å². The van der Waals surface area contributed by atoms with Gasteiger partial charge in [0.05, 0.1) is 22.3 Å². The second-order valence-corrected chi connectivity index (χ2v) is 7.81. The highest BCUT2D eigenvalue weighted by atomic mass is 35.5. The van der Waals surface area contributed by atoms with Gasteiger partial charge in [-0.15, -0.1) is 22.7 Å². The van der Waals surface area contributed by atoms with Gasteiger partial charge >= 0.3 is 0 Å². The van der Waals surface area contributed by atoms with Crippen LogP contribution in [0, 0.1) is 6.92 Å². The van der Waals surface area contributed by atoms with Crippen LogP contribution in [-0.2, 0) is 6.54 Å². The third-order valence-corrected chi connectivity index (χ3v) is 5.63. The summed E-state index contributed by atoms with van der Waals surface area (Å²) in [5.41, 5.74) is 1.52. The maximum atomic E-state index is 12.7. The molecule has 0 saturated carbocycles. The average molecular weight is 364 g/mol. The van der Waals surface area contributed by atoms with Gasteiger partial charge in [-0.25, -0.2) is 4.98 Å². The van der Waals surface area contributed by atoms with Crippen molar-refractivity contribution in [2.75, 3.05) is 7.05 Å². The summed E-state index contributed by atoms with van der Waals surface area (Å²) in [4.78, 5) is 24.8. The number of hydrogen-bond acceptors (Lipinski definition) is 5. The van der Waals surface area contributed by atoms with Crippen molar-refractivity contribution in [1.29, 1.82) is 0 Å². The Bertz CT molecular complexity index is 829. The number of halogens is 1. The number of pyridine rings is 1. The Morgan fingerprint density at radius 3 is 2.74 bits per heavy atom. The summed E-state index contributed by atoms with van der Waals surface area (Å²) in [6, 6.07) is 9.44. The van der Waals surface area contributed by atoms with E-state index in [9.17, 15) is 4.79 Å². The number of aromatic nitrogens is 2. The summed E-state index contributed by atoms with van der Waals surface area (Å²) in [5, 5.41) is 0.763. The maximum Gasteiger partial charge on any atom is 0.265 e. The normalized spacial score (nSPS) is 10.7. The molecule has 0 unspecified atom stereocenters. The third kappa shape index (κ3) is 3.60. The van der Waals surface area contributed by atoms with Crippen molar-refractivity contribution in [2.24, 2.45) is 0 Å². The highest BCUT2D eigenvalue weighted by Gasteiger charge is 2.20. The number of rotatable bonds is 4. The van der Waals surface area contributed by atoms with Crippen LogP contribution in [0.1, 0.15) is 20.2 Å². The number of nitrogens with zero attached hydrogens (tertiary/aromatic N) is 3. The van der Waals surface area contributed by atoms with E-state index in [1.807, 2.05) is 37.3 Å². The van der Waals surface area contributed by atoms with Gasteiger partial charge in [-0.1, -0.05) is 17.7 Å². The fourth-order valence-electron chi connectivity index (χ4n) is 2.11. The van der Waals surface area contributed by atoms with Crippen LogP contribution in [0.2, 0.25) is 4.34 Å². The van der Waals surface area contributed by atoms with Gasteiger partial charge in [-0.2, -0.15) is 0 Å². The largest absolute Gasteiger partial charge is 0.336 e. The summed E-state index contributed by atoms with van der Waals surface area (Å²) in [5.74, 6) is -0.0355. The van der Waals surface area contributed by atoms with Crippen LogP contribution in [0.15, 0.2) is 36.5 Å². The maximum absolute atomic E-state index is 12.7. The molecule has 0 N–H and O–H groups in total. The molecule has 0 aromatic carbocycles. The molecule has 0 spiro atoms. The number of aryl methyl sites for hydroxylation is 1. The van der Waals surface area contributed by atoms with Crippen molar-refractivity contribution in [3.63, 3.8) is 0 Å². The first-order chi connectivity index (χ1) is 11.0. The fourth-order valence-corrected chi connectivity index (χ4v) is 4.29. The van der Waals surface area contributed by atoms with Crippen molar-refractivity contribution in [1.82, 2.24) is 14.9 Å². The van der Waals surface area contributed by atoms with Crippen molar-refractivity contribution in [3.05, 3.63) is 56.3 Å². The Kier molecular flexibility index (Phi) is 4.75. The molecule has 7 heteroatoms. The highest BCUT2D eigenvalue weighted by Crippen LogP contribution is 2.28. The SMILES string of the molecule is Cc1nc(-c2ccccn2)sc1C(=O)N(C)Cc1ccc(Cl)s1. The number of amides is 1. The Morgan fingerprint density at radius 2 is 2.09 bits per heavy atom. The molecule has 3 heterocycles. The lowest BCUT2D eigenvalue weighted by molar-refractivity contribution is 0.0790. The summed E-state index contributed by atoms with van der Waals surface area (Å²) >= 11 is 8.80. The molecular weight excluding hydrogens is 350 g/mol. The van der Waals surface area contributed by atoms with Crippen LogP contribution in [0.5, 0.6) is 0 Å². The molecule has 3 aromatic rings. The highest BCUT2D eigenvalue weighted by molar-refractivity contribution is 7.17. The number of hydrogen-bond donors (Lipinski definition) is 0. The molecule has 23 heavy (non-hydrogen) atoms. The lowest BCUT2D eigenvalue weighted by atomic mass is 10.3. The van der Waals surface area contributed by atoms with Crippen LogP contribution in [0.3, 0.4) is 0 Å². The second-order valence-electron chi connectivity index (χ2n) is 5.02. The molecule has 1 amide bonds. The molecule has 0 fully saturated rings. The van der Waals surface area contributed by atoms with E-state index in [0.717, 1.165) is 25.6 Å². The Labute approximate surface area is 147 Å². The van der Waals surface area contributed by atoms with E-state index in [1.165, 1.54) is 22.7 Å². The van der Waals surface area contributed by atoms with Crippen molar-refractivity contribution in [2.45, 2.75) is 13.5 Å². The summed E-state index contributed by atoms with van der Waals surface area (Å²) in [6.45, 7) is 2.39. The predicted octanol–water partition coefficient (Wildman–Crippen LogP) is 4.50. The van der Waals surface area contributed by atoms with E-state index in [0.29, 0.717) is 11.4 Å². The van der Waals surface area contributed by atoms with Crippen LogP contribution >= 0.6 is 34.3 Å². The minimum Gasteiger partial charge on any atom is -0.336 e. The summed E-state index contributed by atoms with van der Waals surface area (Å²) in [7, 11) is 1.79. The topological polar surface area (TPSA) is 46.1 Å². The van der Waals surface area contributed by atoms with E-state index >= 15 is 0 Å². The molecule has 3 aromatic heterocycles. The van der Waals surface area contributed by atoms with Crippen LogP contribution < -0.4 is 0 Å².